The van der Waals surface area contributed by atoms with Crippen LogP contribution in [-0.2, 0) is 33.4 Å². The van der Waals surface area contributed by atoms with Gasteiger partial charge in [0.2, 0.25) is 0 Å². The van der Waals surface area contributed by atoms with E-state index < -0.39 is 52.6 Å². The molecule has 49 heavy (non-hydrogen) atoms. The van der Waals surface area contributed by atoms with Crippen LogP contribution in [0, 0.1) is 38.7 Å². The predicted molar refractivity (Wildman–Crippen MR) is 171 cm³/mol. The van der Waals surface area contributed by atoms with Gasteiger partial charge in [0, 0.05) is 22.8 Å². The maximum atomic E-state index is 13.4. The zero-order valence-corrected chi connectivity index (χ0v) is 27.7. The van der Waals surface area contributed by atoms with E-state index in [1.54, 1.807) is 18.2 Å². The number of Topliss-reactive ketones (excluding diaryl/α,β-unsaturated/α-hetero) is 1. The maximum Gasteiger partial charge on any atom is 0.514 e. The molecule has 3 aliphatic carbocycles. The largest absolute Gasteiger partial charge is 0.514 e. The number of aliphatic hydroxyl groups excluding tert-OH is 1. The molecular formula is C35H41NO13. The summed E-state index contributed by atoms with van der Waals surface area (Å²) in [5, 5.41) is 20.7. The van der Waals surface area contributed by atoms with Gasteiger partial charge in [-0.2, -0.15) is 0 Å². The van der Waals surface area contributed by atoms with Crippen LogP contribution in [-0.4, -0.2) is 79.6 Å². The molecular weight excluding hydrogens is 642 g/mol. The Morgan fingerprint density at radius 2 is 1.92 bits per heavy atom. The van der Waals surface area contributed by atoms with E-state index in [-0.39, 0.29) is 48.2 Å². The molecule has 1 aliphatic heterocycles. The number of hydrogen-bond donors (Lipinski definition) is 1. The average Bonchev–Trinajstić information content (AvgIpc) is 3.41. The first-order chi connectivity index (χ1) is 23.4. The van der Waals surface area contributed by atoms with Crippen molar-refractivity contribution in [1.29, 1.82) is 0 Å². The van der Waals surface area contributed by atoms with Crippen molar-refractivity contribution in [3.63, 3.8) is 0 Å². The van der Waals surface area contributed by atoms with E-state index in [2.05, 4.69) is 11.8 Å². The van der Waals surface area contributed by atoms with Crippen molar-refractivity contribution >= 4 is 29.8 Å². The molecule has 7 atom stereocenters. The molecule has 1 heterocycles. The third-order valence-electron chi connectivity index (χ3n) is 10.4. The number of carbonyl (C=O) groups excluding carboxylic acids is 4. The summed E-state index contributed by atoms with van der Waals surface area (Å²) in [6, 6.07) is 4.53. The Bertz CT molecular complexity index is 1570. The summed E-state index contributed by atoms with van der Waals surface area (Å²) in [5.74, 6) is -0.895. The number of nitrogens with zero attached hydrogens (tertiary/aromatic N) is 1. The summed E-state index contributed by atoms with van der Waals surface area (Å²) in [5.41, 5.74) is 0.479. The Morgan fingerprint density at radius 1 is 1.14 bits per heavy atom. The summed E-state index contributed by atoms with van der Waals surface area (Å²) < 4.78 is 26.9. The van der Waals surface area contributed by atoms with Crippen LogP contribution in [0.15, 0.2) is 48.1 Å². The molecule has 1 N–H and O–H groups in total. The van der Waals surface area contributed by atoms with Crippen molar-refractivity contribution in [3.8, 4) is 11.5 Å². The van der Waals surface area contributed by atoms with Crippen molar-refractivity contribution in [2.75, 3.05) is 33.5 Å². The number of carbonyl (C=O) groups is 4. The van der Waals surface area contributed by atoms with Crippen molar-refractivity contribution in [2.45, 2.75) is 58.2 Å². The highest BCUT2D eigenvalue weighted by atomic mass is 16.9. The average molecular weight is 684 g/mol. The number of esters is 1. The normalized spacial score (nSPS) is 30.0. The highest BCUT2D eigenvalue weighted by molar-refractivity contribution is 6.01. The number of allylic oxidation sites excluding steroid dienone is 4. The minimum Gasteiger partial charge on any atom is -0.493 e. The first-order valence-electron chi connectivity index (χ1n) is 16.3. The fraction of sp³-hybridized carbons (Fsp3) is 0.543. The van der Waals surface area contributed by atoms with Gasteiger partial charge in [-0.05, 0) is 79.9 Å². The van der Waals surface area contributed by atoms with Crippen LogP contribution < -0.4 is 9.47 Å². The highest BCUT2D eigenvalue weighted by Gasteiger charge is 2.63. The fourth-order valence-electron chi connectivity index (χ4n) is 8.10. The monoisotopic (exact) mass is 683 g/mol. The lowest BCUT2D eigenvalue weighted by Gasteiger charge is -2.57. The van der Waals surface area contributed by atoms with E-state index in [0.717, 1.165) is 18.4 Å². The van der Waals surface area contributed by atoms with Gasteiger partial charge in [0.1, 0.15) is 6.10 Å². The summed E-state index contributed by atoms with van der Waals surface area (Å²) in [6.07, 6.45) is 7.76. The number of ketones is 2. The Hall–Kier alpha value is -4.56. The second kappa shape index (κ2) is 14.9. The number of fused-ring (bicyclic) bond motifs is 5. The third kappa shape index (κ3) is 7.70. The molecule has 5 rings (SSSR count). The fourth-order valence-corrected chi connectivity index (χ4v) is 8.10. The predicted octanol–water partition coefficient (Wildman–Crippen LogP) is 4.21. The van der Waals surface area contributed by atoms with Gasteiger partial charge in [0.25, 0.3) is 5.09 Å². The van der Waals surface area contributed by atoms with Gasteiger partial charge in [-0.25, -0.2) is 9.59 Å². The van der Waals surface area contributed by atoms with Crippen LogP contribution >= 0.6 is 0 Å². The van der Waals surface area contributed by atoms with Crippen molar-refractivity contribution in [2.24, 2.45) is 28.6 Å². The van der Waals surface area contributed by atoms with Crippen LogP contribution in [0.5, 0.6) is 11.5 Å². The molecule has 14 nitrogen and oxygen atoms in total. The zero-order valence-electron chi connectivity index (χ0n) is 27.7. The molecule has 1 aromatic rings. The lowest BCUT2D eigenvalue weighted by Crippen LogP contribution is -2.58. The number of hydrogen-bond acceptors (Lipinski definition) is 13. The topological polar surface area (TPSA) is 187 Å². The number of methoxy groups -OCH3 is 1. The van der Waals surface area contributed by atoms with Gasteiger partial charge in [0.15, 0.2) is 29.7 Å². The van der Waals surface area contributed by atoms with Gasteiger partial charge in [-0.15, -0.1) is 10.1 Å². The third-order valence-corrected chi connectivity index (χ3v) is 10.4. The van der Waals surface area contributed by atoms with E-state index in [0.29, 0.717) is 31.4 Å². The van der Waals surface area contributed by atoms with Gasteiger partial charge in [-0.3, -0.25) is 9.59 Å². The Balaban J connectivity index is 1.12. The van der Waals surface area contributed by atoms with E-state index in [4.69, 9.17) is 23.7 Å². The molecule has 0 aromatic heterocycles. The van der Waals surface area contributed by atoms with Crippen LogP contribution in [0.3, 0.4) is 0 Å². The molecule has 3 fully saturated rings. The smallest absolute Gasteiger partial charge is 0.493 e. The van der Waals surface area contributed by atoms with Crippen molar-refractivity contribution in [1.82, 2.24) is 0 Å². The van der Waals surface area contributed by atoms with Gasteiger partial charge in [-0.1, -0.05) is 31.6 Å². The molecule has 0 bridgehead atoms. The summed E-state index contributed by atoms with van der Waals surface area (Å²) >= 11 is 0. The van der Waals surface area contributed by atoms with Gasteiger partial charge >= 0.3 is 12.1 Å². The number of ether oxygens (including phenoxy) is 5. The summed E-state index contributed by atoms with van der Waals surface area (Å²) in [4.78, 5) is 64.3. The first-order valence-corrected chi connectivity index (χ1v) is 16.3. The number of benzene rings is 1. The molecule has 14 heteroatoms. The number of unbranched alkanes of at least 4 members (excludes halogenated alkanes) is 1. The molecule has 0 amide bonds. The second-order valence-electron chi connectivity index (χ2n) is 13.3. The quantitative estimate of drug-likeness (QED) is 0.0779. The molecule has 264 valence electrons. The Kier molecular flexibility index (Phi) is 10.9. The summed E-state index contributed by atoms with van der Waals surface area (Å²) in [6.45, 7) is 3.78. The van der Waals surface area contributed by atoms with Crippen molar-refractivity contribution in [3.05, 3.63) is 63.8 Å². The number of aliphatic hydroxyl groups is 1. The number of rotatable bonds is 13. The van der Waals surface area contributed by atoms with Crippen LogP contribution in [0.4, 0.5) is 4.79 Å². The van der Waals surface area contributed by atoms with Crippen LogP contribution in [0.2, 0.25) is 0 Å². The minimum atomic E-state index is -1.12. The molecule has 7 unspecified atom stereocenters. The Morgan fingerprint density at radius 3 is 2.67 bits per heavy atom. The van der Waals surface area contributed by atoms with E-state index in [1.165, 1.54) is 31.4 Å². The van der Waals surface area contributed by atoms with Crippen LogP contribution in [0.1, 0.15) is 51.5 Å². The molecule has 4 aliphatic rings. The highest BCUT2D eigenvalue weighted by Crippen LogP contribution is 2.63. The summed E-state index contributed by atoms with van der Waals surface area (Å²) in [7, 11) is 1.37. The molecule has 1 saturated heterocycles. The van der Waals surface area contributed by atoms with E-state index in [9.17, 15) is 34.4 Å². The van der Waals surface area contributed by atoms with E-state index in [1.807, 2.05) is 13.0 Å². The SMILES string of the molecule is COc1cc(/C=C/C(=O)OCCCCO[N+](=O)[O-])ccc1OC(=O)OCC(=O)C1OCC2C3CCC4=CC(=O)C=CC4(C)C3C(O)CC12C. The molecule has 0 radical (unpaired) electrons. The molecule has 0 spiro atoms. The Labute approximate surface area is 283 Å². The zero-order chi connectivity index (χ0) is 35.3. The maximum absolute atomic E-state index is 13.4. The van der Waals surface area contributed by atoms with Crippen molar-refractivity contribution < 1.29 is 57.9 Å². The first kappa shape index (κ1) is 35.7. The van der Waals surface area contributed by atoms with Crippen LogP contribution in [0.25, 0.3) is 6.08 Å². The lowest BCUT2D eigenvalue weighted by atomic mass is 9.47. The molecule has 1 aromatic carbocycles. The molecule has 2 saturated carbocycles. The lowest BCUT2D eigenvalue weighted by molar-refractivity contribution is -0.757. The minimum absolute atomic E-state index is 0.00708. The van der Waals surface area contributed by atoms with Gasteiger partial charge < -0.3 is 33.6 Å². The van der Waals surface area contributed by atoms with E-state index >= 15 is 0 Å². The standard InChI is InChI=1S/C35H41NO13/c1-34-13-12-23(37)17-22(34)8-9-24-25-19-46-32(35(25,2)18-26(38)31(24)34)27(39)20-47-33(41)49-28-10-6-21(16-29(28)44-3)7-11-30(40)45-14-4-5-15-48-36(42)43/h6-7,10-13,16-17,24-26,31-32,38H,4-5,8-9,14-15,18-20H2,1-3H3/b11-7+. The second-order valence-corrected chi connectivity index (χ2v) is 13.3. The van der Waals surface area contributed by atoms with Gasteiger partial charge in [0.05, 0.1) is 33.0 Å².